The summed E-state index contributed by atoms with van der Waals surface area (Å²) in [4.78, 5) is 0. The fraction of sp³-hybridized carbons (Fsp3) is 0.0588. The van der Waals surface area contributed by atoms with Crippen molar-refractivity contribution >= 4 is 39.2 Å². The van der Waals surface area contributed by atoms with E-state index in [9.17, 15) is 0 Å². The number of hydrogen-bond acceptors (Lipinski definition) is 0. The molecule has 0 nitrogen and oxygen atoms in total. The molecule has 6 aromatic rings. The van der Waals surface area contributed by atoms with E-state index in [2.05, 4.69) is 141 Å². The van der Waals surface area contributed by atoms with Crippen molar-refractivity contribution in [3.05, 3.63) is 133 Å². The van der Waals surface area contributed by atoms with Gasteiger partial charge >= 0.3 is 0 Å². The molecular weight excluding hydrogens is 419 g/mol. The molecule has 0 N–H and O–H groups in total. The predicted octanol–water partition coefficient (Wildman–Crippen LogP) is 7.87. The van der Waals surface area contributed by atoms with Gasteiger partial charge in [-0.15, -0.1) is 0 Å². The van der Waals surface area contributed by atoms with Crippen LogP contribution in [-0.2, 0) is 0 Å². The average molecular weight is 446 g/mol. The van der Waals surface area contributed by atoms with Crippen LogP contribution in [0.15, 0.2) is 127 Å². The zero-order chi connectivity index (χ0) is 23.8. The second kappa shape index (κ2) is 8.93. The molecule has 1 heteroatoms. The lowest BCUT2D eigenvalue weighted by molar-refractivity contribution is 1.51. The van der Waals surface area contributed by atoms with E-state index in [-0.39, 0.29) is 6.71 Å². The van der Waals surface area contributed by atoms with Crippen LogP contribution in [0, 0.1) is 6.92 Å². The van der Waals surface area contributed by atoms with E-state index in [0.717, 1.165) is 0 Å². The molecule has 0 saturated carbocycles. The van der Waals surface area contributed by atoms with Crippen LogP contribution in [0.5, 0.6) is 0 Å². The summed E-state index contributed by atoms with van der Waals surface area (Å²) in [7, 11) is 0. The van der Waals surface area contributed by atoms with Crippen molar-refractivity contribution in [2.45, 2.75) is 13.7 Å². The summed E-state index contributed by atoms with van der Waals surface area (Å²) in [5.74, 6) is 0. The van der Waals surface area contributed by atoms with Gasteiger partial charge in [-0.25, -0.2) is 0 Å². The van der Waals surface area contributed by atoms with E-state index in [1.54, 1.807) is 0 Å². The molecule has 35 heavy (non-hydrogen) atoms. The highest BCUT2D eigenvalue weighted by molar-refractivity contribution is 6.88. The molecule has 0 aliphatic carbocycles. The van der Waals surface area contributed by atoms with E-state index in [0.29, 0.717) is 0 Å². The summed E-state index contributed by atoms with van der Waals surface area (Å²) in [5.41, 5.74) is 9.20. The molecule has 0 aliphatic rings. The van der Waals surface area contributed by atoms with Crippen LogP contribution in [0.25, 0.3) is 43.8 Å². The van der Waals surface area contributed by atoms with Gasteiger partial charge in [0, 0.05) is 0 Å². The zero-order valence-electron chi connectivity index (χ0n) is 20.2. The molecule has 6 aromatic carbocycles. The lowest BCUT2D eigenvalue weighted by Gasteiger charge is -2.21. The second-order valence-corrected chi connectivity index (χ2v) is 9.40. The van der Waals surface area contributed by atoms with Crippen molar-refractivity contribution in [1.29, 1.82) is 0 Å². The molecule has 0 fully saturated rings. The van der Waals surface area contributed by atoms with Crippen LogP contribution in [0.2, 0.25) is 6.82 Å². The van der Waals surface area contributed by atoms with Crippen LogP contribution in [-0.4, -0.2) is 6.71 Å². The highest BCUT2D eigenvalue weighted by atomic mass is 14.2. The summed E-state index contributed by atoms with van der Waals surface area (Å²) in [6.07, 6.45) is 0. The largest absolute Gasteiger partial charge is 0.208 e. The Bertz CT molecular complexity index is 1550. The average Bonchev–Trinajstić information content (AvgIpc) is 2.92. The van der Waals surface area contributed by atoms with Crippen molar-refractivity contribution < 1.29 is 0 Å². The first kappa shape index (κ1) is 21.4. The SMILES string of the molecule is CB(c1ccccc1C)c1c2cccc(-c3ccccc3)c2cc2c(-c3ccccc3)cccc12. The molecule has 0 saturated heterocycles. The maximum absolute atomic E-state index is 2.42. The molecular formula is C34H27B. The standard InChI is InChI=1S/C34H27B/c1-24-13-9-10-22-33(24)35(2)34-29-20-11-18-27(25-14-5-3-6-15-25)31(29)23-32-28(19-12-21-30(32)34)26-16-7-4-8-17-26/h3-23H,1-2H3. The van der Waals surface area contributed by atoms with Crippen molar-refractivity contribution in [3.63, 3.8) is 0 Å². The van der Waals surface area contributed by atoms with Gasteiger partial charge in [-0.2, -0.15) is 0 Å². The minimum absolute atomic E-state index is 0.263. The van der Waals surface area contributed by atoms with Gasteiger partial charge in [0.25, 0.3) is 0 Å². The van der Waals surface area contributed by atoms with E-state index < -0.39 is 0 Å². The Morgan fingerprint density at radius 3 is 1.46 bits per heavy atom. The van der Waals surface area contributed by atoms with Crippen molar-refractivity contribution in [3.8, 4) is 22.3 Å². The van der Waals surface area contributed by atoms with Gasteiger partial charge in [0.15, 0.2) is 0 Å². The first-order chi connectivity index (χ1) is 17.2. The van der Waals surface area contributed by atoms with Gasteiger partial charge in [-0.1, -0.05) is 145 Å². The molecule has 0 spiro atoms. The van der Waals surface area contributed by atoms with Crippen LogP contribution in [0.3, 0.4) is 0 Å². The molecule has 0 radical (unpaired) electrons. The topological polar surface area (TPSA) is 0 Å². The van der Waals surface area contributed by atoms with Gasteiger partial charge in [0.2, 0.25) is 6.71 Å². The van der Waals surface area contributed by atoms with Crippen molar-refractivity contribution in [2.75, 3.05) is 0 Å². The number of fused-ring (bicyclic) bond motifs is 2. The van der Waals surface area contributed by atoms with Gasteiger partial charge in [0.1, 0.15) is 0 Å². The van der Waals surface area contributed by atoms with Gasteiger partial charge in [-0.05, 0) is 56.8 Å². The Balaban J connectivity index is 1.75. The fourth-order valence-electron chi connectivity index (χ4n) is 5.63. The summed E-state index contributed by atoms with van der Waals surface area (Å²) in [6, 6.07) is 46.3. The van der Waals surface area contributed by atoms with E-state index in [1.165, 1.54) is 60.3 Å². The smallest absolute Gasteiger partial charge is 0.0773 e. The first-order valence-corrected chi connectivity index (χ1v) is 12.4. The summed E-state index contributed by atoms with van der Waals surface area (Å²) < 4.78 is 0. The molecule has 6 rings (SSSR count). The Morgan fingerprint density at radius 1 is 0.457 bits per heavy atom. The third kappa shape index (κ3) is 3.74. The molecule has 166 valence electrons. The quantitative estimate of drug-likeness (QED) is 0.191. The minimum Gasteiger partial charge on any atom is -0.0773 e. The number of rotatable bonds is 4. The number of aryl methyl sites for hydroxylation is 1. The lowest BCUT2D eigenvalue weighted by atomic mass is 9.40. The second-order valence-electron chi connectivity index (χ2n) is 9.40. The maximum Gasteiger partial charge on any atom is 0.208 e. The minimum atomic E-state index is 0.263. The third-order valence-corrected chi connectivity index (χ3v) is 7.34. The molecule has 0 unspecified atom stereocenters. The third-order valence-electron chi connectivity index (χ3n) is 7.34. The molecule has 0 aromatic heterocycles. The summed E-state index contributed by atoms with van der Waals surface area (Å²) >= 11 is 0. The van der Waals surface area contributed by atoms with E-state index in [1.807, 2.05) is 0 Å². The first-order valence-electron chi connectivity index (χ1n) is 12.4. The highest BCUT2D eigenvalue weighted by Gasteiger charge is 2.22. The molecule has 0 bridgehead atoms. The van der Waals surface area contributed by atoms with Gasteiger partial charge in [-0.3, -0.25) is 0 Å². The van der Waals surface area contributed by atoms with Crippen LogP contribution >= 0.6 is 0 Å². The normalized spacial score (nSPS) is 11.1. The lowest BCUT2D eigenvalue weighted by Crippen LogP contribution is -2.41. The van der Waals surface area contributed by atoms with Gasteiger partial charge < -0.3 is 0 Å². The Labute approximate surface area is 208 Å². The molecule has 0 atom stereocenters. The molecule has 0 amide bonds. The monoisotopic (exact) mass is 446 g/mol. The molecule has 0 heterocycles. The van der Waals surface area contributed by atoms with Crippen LogP contribution in [0.4, 0.5) is 0 Å². The van der Waals surface area contributed by atoms with Crippen molar-refractivity contribution in [1.82, 2.24) is 0 Å². The van der Waals surface area contributed by atoms with Crippen LogP contribution in [0.1, 0.15) is 5.56 Å². The highest BCUT2D eigenvalue weighted by Crippen LogP contribution is 2.35. The van der Waals surface area contributed by atoms with E-state index >= 15 is 0 Å². The Hall–Kier alpha value is -4.10. The number of benzene rings is 6. The molecule has 0 aliphatic heterocycles. The van der Waals surface area contributed by atoms with Crippen molar-refractivity contribution in [2.24, 2.45) is 0 Å². The van der Waals surface area contributed by atoms with Crippen LogP contribution < -0.4 is 10.9 Å². The summed E-state index contributed by atoms with van der Waals surface area (Å²) in [6.45, 7) is 4.85. The summed E-state index contributed by atoms with van der Waals surface area (Å²) in [5, 5.41) is 5.29. The fourth-order valence-corrected chi connectivity index (χ4v) is 5.63. The Kier molecular flexibility index (Phi) is 5.47. The number of hydrogen-bond donors (Lipinski definition) is 0. The van der Waals surface area contributed by atoms with E-state index in [4.69, 9.17) is 0 Å². The zero-order valence-corrected chi connectivity index (χ0v) is 20.2. The van der Waals surface area contributed by atoms with Gasteiger partial charge in [0.05, 0.1) is 0 Å². The Morgan fingerprint density at radius 2 is 0.943 bits per heavy atom. The predicted molar refractivity (Wildman–Crippen MR) is 154 cm³/mol. The maximum atomic E-state index is 2.42.